The third-order valence-corrected chi connectivity index (χ3v) is 9.58. The lowest BCUT2D eigenvalue weighted by Gasteiger charge is -2.63. The number of aliphatic hydroxyl groups is 1. The van der Waals surface area contributed by atoms with Gasteiger partial charge in [-0.2, -0.15) is 0 Å². The molecule has 0 saturated heterocycles. The summed E-state index contributed by atoms with van der Waals surface area (Å²) >= 11 is 0. The highest BCUT2D eigenvalue weighted by Crippen LogP contribution is 2.69. The second-order valence-corrected chi connectivity index (χ2v) is 10.6. The molecule has 23 heavy (non-hydrogen) atoms. The Morgan fingerprint density at radius 1 is 0.957 bits per heavy atom. The summed E-state index contributed by atoms with van der Waals surface area (Å²) in [6.45, 7) is 10.7. The first-order chi connectivity index (χ1) is 10.9. The van der Waals surface area contributed by atoms with Gasteiger partial charge in [-0.15, -0.1) is 0 Å². The summed E-state index contributed by atoms with van der Waals surface area (Å²) in [5, 5.41) is 9.92. The van der Waals surface area contributed by atoms with Crippen LogP contribution in [0.25, 0.3) is 0 Å². The van der Waals surface area contributed by atoms with Crippen LogP contribution in [0.15, 0.2) is 0 Å². The smallest absolute Gasteiger partial charge is 0.0464 e. The van der Waals surface area contributed by atoms with Gasteiger partial charge in [0.1, 0.15) is 0 Å². The van der Waals surface area contributed by atoms with Crippen molar-refractivity contribution in [3.8, 4) is 0 Å². The van der Waals surface area contributed by atoms with Crippen LogP contribution < -0.4 is 0 Å². The molecule has 4 saturated carbocycles. The lowest BCUT2D eigenvalue weighted by atomic mass is 9.42. The Kier molecular flexibility index (Phi) is 3.91. The van der Waals surface area contributed by atoms with E-state index in [4.69, 9.17) is 0 Å². The van der Waals surface area contributed by atoms with Crippen molar-refractivity contribution >= 4 is 0 Å². The number of hydrogen-bond donors (Lipinski definition) is 1. The maximum absolute atomic E-state index is 9.92. The molecular formula is C22H38O. The molecule has 1 heteroatoms. The van der Waals surface area contributed by atoms with E-state index in [1.807, 2.05) is 0 Å². The van der Waals surface area contributed by atoms with Crippen LogP contribution in [0.2, 0.25) is 0 Å². The normalized spacial score (nSPS) is 59.1. The summed E-state index contributed by atoms with van der Waals surface area (Å²) in [4.78, 5) is 0. The summed E-state index contributed by atoms with van der Waals surface area (Å²) in [7, 11) is 0. The molecule has 9 atom stereocenters. The van der Waals surface area contributed by atoms with E-state index in [0.29, 0.717) is 23.4 Å². The Morgan fingerprint density at radius 3 is 2.48 bits per heavy atom. The van der Waals surface area contributed by atoms with E-state index >= 15 is 0 Å². The van der Waals surface area contributed by atoms with Gasteiger partial charge >= 0.3 is 0 Å². The van der Waals surface area contributed by atoms with Crippen molar-refractivity contribution in [1.82, 2.24) is 0 Å². The van der Waals surface area contributed by atoms with Crippen LogP contribution in [0, 0.1) is 52.3 Å². The minimum absolute atomic E-state index is 0.425. The predicted molar refractivity (Wildman–Crippen MR) is 96.0 cm³/mol. The zero-order chi connectivity index (χ0) is 16.4. The molecule has 0 aromatic heterocycles. The fourth-order valence-electron chi connectivity index (χ4n) is 8.59. The fourth-order valence-corrected chi connectivity index (χ4v) is 8.59. The molecule has 4 aliphatic carbocycles. The molecule has 0 radical (unpaired) electrons. The van der Waals surface area contributed by atoms with Crippen molar-refractivity contribution < 1.29 is 5.11 Å². The van der Waals surface area contributed by atoms with Crippen molar-refractivity contribution in [3.05, 3.63) is 0 Å². The second-order valence-electron chi connectivity index (χ2n) is 10.6. The summed E-state index contributed by atoms with van der Waals surface area (Å²) in [6.07, 6.45) is 11.5. The summed E-state index contributed by atoms with van der Waals surface area (Å²) in [5.74, 6) is 6.20. The number of rotatable bonds is 1. The van der Waals surface area contributed by atoms with Gasteiger partial charge in [0, 0.05) is 6.61 Å². The van der Waals surface area contributed by atoms with Gasteiger partial charge in [0.05, 0.1) is 0 Å². The predicted octanol–water partition coefficient (Wildman–Crippen LogP) is 5.52. The van der Waals surface area contributed by atoms with E-state index in [2.05, 4.69) is 27.7 Å². The van der Waals surface area contributed by atoms with Crippen molar-refractivity contribution in [2.24, 2.45) is 52.3 Å². The van der Waals surface area contributed by atoms with E-state index in [1.165, 1.54) is 51.4 Å². The van der Waals surface area contributed by atoms with Gasteiger partial charge in [-0.3, -0.25) is 0 Å². The van der Waals surface area contributed by atoms with Crippen molar-refractivity contribution in [2.45, 2.75) is 79.1 Å². The summed E-state index contributed by atoms with van der Waals surface area (Å²) in [5.41, 5.74) is 1.05. The van der Waals surface area contributed by atoms with Crippen LogP contribution in [0.5, 0.6) is 0 Å². The molecule has 1 N–H and O–H groups in total. The fraction of sp³-hybridized carbons (Fsp3) is 1.00. The van der Waals surface area contributed by atoms with Crippen molar-refractivity contribution in [1.29, 1.82) is 0 Å². The van der Waals surface area contributed by atoms with Crippen LogP contribution in [0.4, 0.5) is 0 Å². The Bertz CT molecular complexity index is 459. The van der Waals surface area contributed by atoms with Gasteiger partial charge in [0.2, 0.25) is 0 Å². The zero-order valence-corrected chi connectivity index (χ0v) is 15.9. The third-order valence-electron chi connectivity index (χ3n) is 9.58. The molecule has 1 nitrogen and oxygen atoms in total. The van der Waals surface area contributed by atoms with Gasteiger partial charge < -0.3 is 5.11 Å². The van der Waals surface area contributed by atoms with E-state index in [9.17, 15) is 5.11 Å². The average Bonchev–Trinajstić information content (AvgIpc) is 2.83. The SMILES string of the molecule is C[C@@H]1CC[C@@]2(C)[C@@H](CC[C@@H]3[C@@H]2[C@@H](C)C[C@]2(C)[C@@H](CO)CC[C@@H]32)C1. The zero-order valence-electron chi connectivity index (χ0n) is 15.9. The van der Waals surface area contributed by atoms with Crippen LogP contribution in [0.1, 0.15) is 79.1 Å². The average molecular weight is 319 g/mol. The highest BCUT2D eigenvalue weighted by atomic mass is 16.3. The van der Waals surface area contributed by atoms with Gasteiger partial charge in [-0.1, -0.05) is 34.1 Å². The molecule has 0 aliphatic heterocycles. The third kappa shape index (κ3) is 2.21. The van der Waals surface area contributed by atoms with E-state index in [-0.39, 0.29) is 0 Å². The quantitative estimate of drug-likeness (QED) is 0.675. The standard InChI is InChI=1S/C22H38O/c1-14-9-10-21(3)16(11-14)5-7-18-19-8-6-17(13-23)22(19,4)12-15(2)20(18)21/h14-20,23H,5-13H2,1-4H3/t14-,15+,16+,17-,18+,19+,20+,21+,22-/m1/s1. The first kappa shape index (κ1) is 16.4. The van der Waals surface area contributed by atoms with E-state index < -0.39 is 0 Å². The van der Waals surface area contributed by atoms with Crippen LogP contribution >= 0.6 is 0 Å². The molecule has 4 fully saturated rings. The second kappa shape index (κ2) is 5.48. The Balaban J connectivity index is 1.66. The van der Waals surface area contributed by atoms with Crippen LogP contribution in [0.3, 0.4) is 0 Å². The number of fused-ring (bicyclic) bond motifs is 5. The Morgan fingerprint density at radius 2 is 1.74 bits per heavy atom. The molecule has 0 spiro atoms. The summed E-state index contributed by atoms with van der Waals surface area (Å²) < 4.78 is 0. The first-order valence-electron chi connectivity index (χ1n) is 10.5. The molecule has 0 aromatic rings. The Hall–Kier alpha value is -0.0400. The highest BCUT2D eigenvalue weighted by Gasteiger charge is 2.61. The number of aliphatic hydroxyl groups excluding tert-OH is 1. The van der Waals surface area contributed by atoms with Crippen LogP contribution in [-0.2, 0) is 0 Å². The van der Waals surface area contributed by atoms with Gasteiger partial charge in [-0.05, 0) is 97.2 Å². The van der Waals surface area contributed by atoms with Crippen molar-refractivity contribution in [2.75, 3.05) is 6.61 Å². The van der Waals surface area contributed by atoms with Gasteiger partial charge in [0.15, 0.2) is 0 Å². The molecule has 0 unspecified atom stereocenters. The largest absolute Gasteiger partial charge is 0.396 e. The molecule has 0 amide bonds. The number of hydrogen-bond acceptors (Lipinski definition) is 1. The van der Waals surface area contributed by atoms with E-state index in [1.54, 1.807) is 0 Å². The first-order valence-corrected chi connectivity index (χ1v) is 10.5. The summed E-state index contributed by atoms with van der Waals surface area (Å²) in [6, 6.07) is 0. The van der Waals surface area contributed by atoms with Gasteiger partial charge in [0.25, 0.3) is 0 Å². The topological polar surface area (TPSA) is 20.2 Å². The van der Waals surface area contributed by atoms with Gasteiger partial charge in [-0.25, -0.2) is 0 Å². The molecule has 132 valence electrons. The maximum Gasteiger partial charge on any atom is 0.0464 e. The molecule has 4 rings (SSSR count). The molecule has 0 bridgehead atoms. The molecule has 0 heterocycles. The van der Waals surface area contributed by atoms with Crippen molar-refractivity contribution in [3.63, 3.8) is 0 Å². The molecule has 0 aromatic carbocycles. The lowest BCUT2D eigenvalue weighted by molar-refractivity contribution is -0.145. The minimum Gasteiger partial charge on any atom is -0.396 e. The lowest BCUT2D eigenvalue weighted by Crippen LogP contribution is -2.56. The highest BCUT2D eigenvalue weighted by molar-refractivity contribution is 5.10. The van der Waals surface area contributed by atoms with E-state index in [0.717, 1.165) is 35.5 Å². The molecular weight excluding hydrogens is 280 g/mol. The minimum atomic E-state index is 0.425. The monoisotopic (exact) mass is 318 g/mol. The Labute approximate surface area is 143 Å². The molecule has 4 aliphatic rings. The van der Waals surface area contributed by atoms with Crippen LogP contribution in [-0.4, -0.2) is 11.7 Å². The maximum atomic E-state index is 9.92.